The molecular formula is C17H21NO2S. The monoisotopic (exact) mass is 303 g/mol. The van der Waals surface area contributed by atoms with Crippen molar-refractivity contribution < 1.29 is 8.42 Å². The summed E-state index contributed by atoms with van der Waals surface area (Å²) in [5.74, 6) is 1.08. The molecule has 1 aliphatic rings. The Labute approximate surface area is 126 Å². The van der Waals surface area contributed by atoms with Gasteiger partial charge in [-0.2, -0.15) is 0 Å². The largest absolute Gasteiger partial charge is 0.330 e. The van der Waals surface area contributed by atoms with Crippen molar-refractivity contribution in [1.29, 1.82) is 0 Å². The van der Waals surface area contributed by atoms with Crippen LogP contribution in [0.3, 0.4) is 0 Å². The van der Waals surface area contributed by atoms with Gasteiger partial charge in [0, 0.05) is 0 Å². The average Bonchev–Trinajstić information content (AvgIpc) is 2.85. The summed E-state index contributed by atoms with van der Waals surface area (Å²) < 4.78 is 23.4. The van der Waals surface area contributed by atoms with E-state index in [0.717, 1.165) is 12.8 Å². The van der Waals surface area contributed by atoms with Crippen molar-refractivity contribution in [2.75, 3.05) is 18.1 Å². The highest BCUT2D eigenvalue weighted by Gasteiger charge is 2.33. The number of fused-ring (bicyclic) bond motifs is 1. The molecule has 2 aromatic carbocycles. The van der Waals surface area contributed by atoms with Crippen molar-refractivity contribution in [3.05, 3.63) is 48.0 Å². The molecule has 4 heteroatoms. The maximum absolute atomic E-state index is 11.7. The summed E-state index contributed by atoms with van der Waals surface area (Å²) in [5.41, 5.74) is 7.21. The zero-order valence-corrected chi connectivity index (χ0v) is 12.9. The minimum Gasteiger partial charge on any atom is -0.330 e. The molecule has 0 bridgehead atoms. The van der Waals surface area contributed by atoms with E-state index in [2.05, 4.69) is 30.3 Å². The van der Waals surface area contributed by atoms with Crippen LogP contribution < -0.4 is 5.73 Å². The maximum Gasteiger partial charge on any atom is 0.150 e. The molecule has 0 radical (unpaired) electrons. The first-order chi connectivity index (χ1) is 10.1. The van der Waals surface area contributed by atoms with Crippen LogP contribution in [-0.4, -0.2) is 26.5 Å². The van der Waals surface area contributed by atoms with E-state index in [1.165, 1.54) is 16.3 Å². The smallest absolute Gasteiger partial charge is 0.150 e. The van der Waals surface area contributed by atoms with Gasteiger partial charge in [0.25, 0.3) is 0 Å². The molecule has 0 amide bonds. The Hall–Kier alpha value is -1.39. The molecule has 1 fully saturated rings. The summed E-state index contributed by atoms with van der Waals surface area (Å²) in [4.78, 5) is 0. The first-order valence-corrected chi connectivity index (χ1v) is 9.28. The molecule has 21 heavy (non-hydrogen) atoms. The van der Waals surface area contributed by atoms with Gasteiger partial charge in [-0.3, -0.25) is 0 Å². The van der Waals surface area contributed by atoms with Crippen LogP contribution >= 0.6 is 0 Å². The van der Waals surface area contributed by atoms with Crippen molar-refractivity contribution in [2.45, 2.75) is 12.8 Å². The van der Waals surface area contributed by atoms with Gasteiger partial charge in [-0.15, -0.1) is 0 Å². The van der Waals surface area contributed by atoms with Crippen LogP contribution in [0.25, 0.3) is 10.8 Å². The van der Waals surface area contributed by atoms with Gasteiger partial charge in [0.2, 0.25) is 0 Å². The fourth-order valence-electron chi connectivity index (χ4n) is 3.39. The Kier molecular flexibility index (Phi) is 4.00. The lowest BCUT2D eigenvalue weighted by atomic mass is 9.85. The molecular weight excluding hydrogens is 282 g/mol. The molecule has 0 saturated carbocycles. The molecule has 0 aromatic heterocycles. The van der Waals surface area contributed by atoms with Gasteiger partial charge in [0.15, 0.2) is 9.84 Å². The molecule has 0 aliphatic carbocycles. The molecule has 0 spiro atoms. The van der Waals surface area contributed by atoms with E-state index >= 15 is 0 Å². The van der Waals surface area contributed by atoms with Crippen molar-refractivity contribution >= 4 is 20.6 Å². The quantitative estimate of drug-likeness (QED) is 0.943. The van der Waals surface area contributed by atoms with Gasteiger partial charge in [0.1, 0.15) is 0 Å². The van der Waals surface area contributed by atoms with Gasteiger partial charge in [0.05, 0.1) is 11.5 Å². The van der Waals surface area contributed by atoms with Crippen LogP contribution in [0.5, 0.6) is 0 Å². The van der Waals surface area contributed by atoms with E-state index in [0.29, 0.717) is 18.1 Å². The van der Waals surface area contributed by atoms with Crippen LogP contribution in [0.1, 0.15) is 12.0 Å². The summed E-state index contributed by atoms with van der Waals surface area (Å²) in [6.07, 6.45) is 1.62. The topological polar surface area (TPSA) is 60.2 Å². The minimum absolute atomic E-state index is 0.207. The predicted molar refractivity (Wildman–Crippen MR) is 87.0 cm³/mol. The highest BCUT2D eigenvalue weighted by atomic mass is 32.2. The Bertz CT molecular complexity index is 734. The molecule has 2 aromatic rings. The highest BCUT2D eigenvalue weighted by molar-refractivity contribution is 7.91. The van der Waals surface area contributed by atoms with E-state index in [4.69, 9.17) is 5.73 Å². The van der Waals surface area contributed by atoms with Gasteiger partial charge < -0.3 is 5.73 Å². The van der Waals surface area contributed by atoms with Gasteiger partial charge >= 0.3 is 0 Å². The summed E-state index contributed by atoms with van der Waals surface area (Å²) >= 11 is 0. The van der Waals surface area contributed by atoms with Crippen LogP contribution in [0.2, 0.25) is 0 Å². The zero-order valence-electron chi connectivity index (χ0n) is 12.0. The Balaban J connectivity index is 1.86. The van der Waals surface area contributed by atoms with E-state index in [1.807, 2.05) is 12.1 Å². The van der Waals surface area contributed by atoms with Crippen molar-refractivity contribution in [3.8, 4) is 0 Å². The predicted octanol–water partition coefficient (Wildman–Crippen LogP) is 2.39. The second-order valence-corrected chi connectivity index (χ2v) is 8.23. The van der Waals surface area contributed by atoms with Crippen LogP contribution in [0.15, 0.2) is 42.5 Å². The maximum atomic E-state index is 11.7. The zero-order chi connectivity index (χ0) is 14.9. The second-order valence-electron chi connectivity index (χ2n) is 6.00. The molecule has 3 nitrogen and oxygen atoms in total. The first-order valence-electron chi connectivity index (χ1n) is 7.46. The molecule has 2 N–H and O–H groups in total. The first kappa shape index (κ1) is 14.5. The molecule has 1 saturated heterocycles. The van der Waals surface area contributed by atoms with Crippen LogP contribution in [0, 0.1) is 11.8 Å². The van der Waals surface area contributed by atoms with E-state index in [9.17, 15) is 8.42 Å². The lowest BCUT2D eigenvalue weighted by Gasteiger charge is -2.21. The highest BCUT2D eigenvalue weighted by Crippen LogP contribution is 2.30. The average molecular weight is 303 g/mol. The fraction of sp³-hybridized carbons (Fsp3) is 0.412. The lowest BCUT2D eigenvalue weighted by molar-refractivity contribution is 0.371. The summed E-state index contributed by atoms with van der Waals surface area (Å²) in [6, 6.07) is 14.6. The number of sulfone groups is 1. The summed E-state index contributed by atoms with van der Waals surface area (Å²) in [6.45, 7) is 0.545. The lowest BCUT2D eigenvalue weighted by Crippen LogP contribution is -2.26. The van der Waals surface area contributed by atoms with Crippen molar-refractivity contribution in [3.63, 3.8) is 0 Å². The van der Waals surface area contributed by atoms with E-state index < -0.39 is 9.84 Å². The van der Waals surface area contributed by atoms with Gasteiger partial charge in [-0.05, 0) is 47.6 Å². The van der Waals surface area contributed by atoms with Gasteiger partial charge in [-0.25, -0.2) is 8.42 Å². The van der Waals surface area contributed by atoms with E-state index in [1.54, 1.807) is 0 Å². The normalized spacial score (nSPS) is 22.4. The number of nitrogens with two attached hydrogens (primary N) is 1. The van der Waals surface area contributed by atoms with Crippen molar-refractivity contribution in [2.24, 2.45) is 17.6 Å². The fourth-order valence-corrected chi connectivity index (χ4v) is 5.31. The van der Waals surface area contributed by atoms with Crippen LogP contribution in [-0.2, 0) is 16.3 Å². The second kappa shape index (κ2) is 5.78. The SMILES string of the molecule is NCC(Cc1cccc2ccccc12)C1CCS(=O)(=O)C1. The molecule has 112 valence electrons. The Morgan fingerprint density at radius 1 is 1.14 bits per heavy atom. The third kappa shape index (κ3) is 3.11. The summed E-state index contributed by atoms with van der Waals surface area (Å²) in [5, 5.41) is 2.48. The summed E-state index contributed by atoms with van der Waals surface area (Å²) in [7, 11) is -2.84. The molecule has 1 aliphatic heterocycles. The molecule has 2 unspecified atom stereocenters. The minimum atomic E-state index is -2.84. The van der Waals surface area contributed by atoms with Gasteiger partial charge in [-0.1, -0.05) is 42.5 Å². The standard InChI is InChI=1S/C17H21NO2S/c18-11-16(15-8-9-21(19,20)12-15)10-14-6-3-5-13-4-1-2-7-17(13)14/h1-7,15-16H,8-12,18H2. The van der Waals surface area contributed by atoms with Crippen molar-refractivity contribution in [1.82, 2.24) is 0 Å². The Morgan fingerprint density at radius 3 is 2.62 bits per heavy atom. The number of hydrogen-bond donors (Lipinski definition) is 1. The molecule has 2 atom stereocenters. The number of hydrogen-bond acceptors (Lipinski definition) is 3. The van der Waals surface area contributed by atoms with E-state index in [-0.39, 0.29) is 11.8 Å². The number of benzene rings is 2. The third-order valence-electron chi connectivity index (χ3n) is 4.60. The third-order valence-corrected chi connectivity index (χ3v) is 6.39. The molecule has 1 heterocycles. The van der Waals surface area contributed by atoms with Crippen LogP contribution in [0.4, 0.5) is 0 Å². The number of rotatable bonds is 4. The Morgan fingerprint density at radius 2 is 1.90 bits per heavy atom. The molecule has 3 rings (SSSR count).